The van der Waals surface area contributed by atoms with E-state index in [0.717, 1.165) is 5.57 Å². The van der Waals surface area contributed by atoms with Gasteiger partial charge >= 0.3 is 0 Å². The van der Waals surface area contributed by atoms with Gasteiger partial charge in [-0.2, -0.15) is 0 Å². The summed E-state index contributed by atoms with van der Waals surface area (Å²) in [4.78, 5) is 0. The molecular formula is C10H17ClO. The molecule has 0 amide bonds. The van der Waals surface area contributed by atoms with Gasteiger partial charge in [-0.1, -0.05) is 23.8 Å². The normalized spacial score (nSPS) is 12.3. The van der Waals surface area contributed by atoms with Crippen LogP contribution in [0.25, 0.3) is 0 Å². The first kappa shape index (κ1) is 11.7. The van der Waals surface area contributed by atoms with E-state index < -0.39 is 0 Å². The Morgan fingerprint density at radius 2 is 2.08 bits per heavy atom. The highest BCUT2D eigenvalue weighted by atomic mass is 35.5. The van der Waals surface area contributed by atoms with Crippen molar-refractivity contribution in [3.63, 3.8) is 0 Å². The first-order valence-corrected chi connectivity index (χ1v) is 4.48. The van der Waals surface area contributed by atoms with Crippen LogP contribution < -0.4 is 0 Å². The van der Waals surface area contributed by atoms with E-state index in [1.807, 2.05) is 26.8 Å². The summed E-state index contributed by atoms with van der Waals surface area (Å²) < 4.78 is 5.30. The summed E-state index contributed by atoms with van der Waals surface area (Å²) in [7, 11) is 0. The highest BCUT2D eigenvalue weighted by Crippen LogP contribution is 2.06. The Bertz CT molecular complexity index is 169. The van der Waals surface area contributed by atoms with Crippen LogP contribution >= 0.6 is 11.6 Å². The maximum absolute atomic E-state index is 5.89. The summed E-state index contributed by atoms with van der Waals surface area (Å²) in [5.41, 5.74) is 2.21. The Balaban J connectivity index is 3.44. The van der Waals surface area contributed by atoms with Gasteiger partial charge < -0.3 is 4.74 Å². The summed E-state index contributed by atoms with van der Waals surface area (Å²) in [6.07, 6.45) is 2.03. The minimum Gasteiger partial charge on any atom is -0.376 e. The van der Waals surface area contributed by atoms with Crippen LogP contribution in [-0.4, -0.2) is 18.6 Å². The second kappa shape index (κ2) is 6.27. The van der Waals surface area contributed by atoms with Crippen molar-refractivity contribution in [1.29, 1.82) is 0 Å². The standard InChI is InChI=1S/C10H17ClO/c1-8(2)5-6-12-7-10(11)9(3)4/h5,10H,3,6-7H2,1-2,4H3. The van der Waals surface area contributed by atoms with E-state index >= 15 is 0 Å². The Labute approximate surface area is 80.1 Å². The molecule has 0 saturated heterocycles. The van der Waals surface area contributed by atoms with Crippen molar-refractivity contribution >= 4 is 11.6 Å². The SMILES string of the molecule is C=C(C)C(Cl)COCC=C(C)C. The molecule has 0 saturated carbocycles. The lowest BCUT2D eigenvalue weighted by Gasteiger charge is -2.07. The largest absolute Gasteiger partial charge is 0.376 e. The number of ether oxygens (including phenoxy) is 1. The molecule has 1 unspecified atom stereocenters. The smallest absolute Gasteiger partial charge is 0.0774 e. The Kier molecular flexibility index (Phi) is 6.13. The second-order valence-corrected chi connectivity index (χ2v) is 3.66. The molecular weight excluding hydrogens is 172 g/mol. The van der Waals surface area contributed by atoms with Gasteiger partial charge in [-0.25, -0.2) is 0 Å². The van der Waals surface area contributed by atoms with Crippen LogP contribution in [0, 0.1) is 0 Å². The highest BCUT2D eigenvalue weighted by Gasteiger charge is 2.03. The van der Waals surface area contributed by atoms with Gasteiger partial charge in [0.05, 0.1) is 18.6 Å². The predicted molar refractivity (Wildman–Crippen MR) is 54.7 cm³/mol. The maximum Gasteiger partial charge on any atom is 0.0774 e. The van der Waals surface area contributed by atoms with Gasteiger partial charge in [0.2, 0.25) is 0 Å². The van der Waals surface area contributed by atoms with E-state index in [0.29, 0.717) is 13.2 Å². The fraction of sp³-hybridized carbons (Fsp3) is 0.600. The molecule has 0 fully saturated rings. The minimum atomic E-state index is -0.0597. The topological polar surface area (TPSA) is 9.23 Å². The van der Waals surface area contributed by atoms with Crippen LogP contribution in [0.2, 0.25) is 0 Å². The van der Waals surface area contributed by atoms with Gasteiger partial charge in [0, 0.05) is 0 Å². The molecule has 0 aromatic rings. The molecule has 12 heavy (non-hydrogen) atoms. The third kappa shape index (κ3) is 6.44. The van der Waals surface area contributed by atoms with Crippen molar-refractivity contribution in [1.82, 2.24) is 0 Å². The van der Waals surface area contributed by atoms with Gasteiger partial charge in [0.25, 0.3) is 0 Å². The van der Waals surface area contributed by atoms with Gasteiger partial charge in [-0.05, 0) is 20.8 Å². The van der Waals surface area contributed by atoms with Crippen LogP contribution in [0.3, 0.4) is 0 Å². The minimum absolute atomic E-state index is 0.0597. The summed E-state index contributed by atoms with van der Waals surface area (Å²) >= 11 is 5.89. The lowest BCUT2D eigenvalue weighted by atomic mass is 10.2. The number of hydrogen-bond acceptors (Lipinski definition) is 1. The average Bonchev–Trinajstić information content (AvgIpc) is 1.97. The van der Waals surface area contributed by atoms with Crippen LogP contribution in [0.4, 0.5) is 0 Å². The first-order valence-electron chi connectivity index (χ1n) is 4.04. The second-order valence-electron chi connectivity index (χ2n) is 3.13. The molecule has 0 aliphatic heterocycles. The van der Waals surface area contributed by atoms with Crippen molar-refractivity contribution in [3.05, 3.63) is 23.8 Å². The lowest BCUT2D eigenvalue weighted by molar-refractivity contribution is 0.167. The Morgan fingerprint density at radius 1 is 1.50 bits per heavy atom. The number of rotatable bonds is 5. The van der Waals surface area contributed by atoms with Crippen LogP contribution in [0.5, 0.6) is 0 Å². The predicted octanol–water partition coefficient (Wildman–Crippen LogP) is 3.15. The van der Waals surface area contributed by atoms with Crippen LogP contribution in [0.15, 0.2) is 23.8 Å². The average molecular weight is 189 g/mol. The van der Waals surface area contributed by atoms with Gasteiger partial charge in [-0.15, -0.1) is 11.6 Å². The van der Waals surface area contributed by atoms with Crippen LogP contribution in [0.1, 0.15) is 20.8 Å². The molecule has 0 aliphatic carbocycles. The molecule has 1 atom stereocenters. The summed E-state index contributed by atoms with van der Waals surface area (Å²) in [6.45, 7) is 10.9. The van der Waals surface area contributed by atoms with E-state index in [1.54, 1.807) is 0 Å². The molecule has 0 aliphatic rings. The molecule has 70 valence electrons. The van der Waals surface area contributed by atoms with Gasteiger partial charge in [-0.3, -0.25) is 0 Å². The quantitative estimate of drug-likeness (QED) is 0.366. The van der Waals surface area contributed by atoms with E-state index in [-0.39, 0.29) is 5.38 Å². The number of allylic oxidation sites excluding steroid dienone is 1. The molecule has 0 aromatic heterocycles. The van der Waals surface area contributed by atoms with E-state index in [9.17, 15) is 0 Å². The zero-order valence-corrected chi connectivity index (χ0v) is 8.82. The van der Waals surface area contributed by atoms with Crippen molar-refractivity contribution < 1.29 is 4.74 Å². The molecule has 0 rings (SSSR count). The molecule has 0 N–H and O–H groups in total. The maximum atomic E-state index is 5.89. The van der Waals surface area contributed by atoms with Gasteiger partial charge in [0.15, 0.2) is 0 Å². The first-order chi connectivity index (χ1) is 5.54. The Hall–Kier alpha value is -0.270. The Morgan fingerprint density at radius 3 is 2.50 bits per heavy atom. The van der Waals surface area contributed by atoms with Gasteiger partial charge in [0.1, 0.15) is 0 Å². The van der Waals surface area contributed by atoms with Crippen LogP contribution in [-0.2, 0) is 4.74 Å². The molecule has 0 aromatic carbocycles. The number of alkyl halides is 1. The monoisotopic (exact) mass is 188 g/mol. The fourth-order valence-electron chi connectivity index (χ4n) is 0.539. The molecule has 0 spiro atoms. The van der Waals surface area contributed by atoms with Crippen molar-refractivity contribution in [2.75, 3.05) is 13.2 Å². The van der Waals surface area contributed by atoms with Crippen molar-refractivity contribution in [2.24, 2.45) is 0 Å². The molecule has 0 bridgehead atoms. The van der Waals surface area contributed by atoms with E-state index in [1.165, 1.54) is 5.57 Å². The molecule has 0 heterocycles. The summed E-state index contributed by atoms with van der Waals surface area (Å²) in [5.74, 6) is 0. The molecule has 2 heteroatoms. The zero-order valence-electron chi connectivity index (χ0n) is 8.06. The molecule has 1 nitrogen and oxygen atoms in total. The molecule has 0 radical (unpaired) electrons. The number of halogens is 1. The number of hydrogen-bond donors (Lipinski definition) is 0. The summed E-state index contributed by atoms with van der Waals surface area (Å²) in [6, 6.07) is 0. The lowest BCUT2D eigenvalue weighted by Crippen LogP contribution is -2.09. The van der Waals surface area contributed by atoms with Crippen molar-refractivity contribution in [2.45, 2.75) is 26.1 Å². The summed E-state index contributed by atoms with van der Waals surface area (Å²) in [5, 5.41) is -0.0597. The van der Waals surface area contributed by atoms with E-state index in [2.05, 4.69) is 6.58 Å². The van der Waals surface area contributed by atoms with E-state index in [4.69, 9.17) is 16.3 Å². The fourth-order valence-corrected chi connectivity index (χ4v) is 0.628. The highest BCUT2D eigenvalue weighted by molar-refractivity contribution is 6.22. The third-order valence-electron chi connectivity index (χ3n) is 1.41. The third-order valence-corrected chi connectivity index (χ3v) is 1.91. The zero-order chi connectivity index (χ0) is 9.56. The van der Waals surface area contributed by atoms with Crippen molar-refractivity contribution in [3.8, 4) is 0 Å².